The third kappa shape index (κ3) is 3.08. The zero-order chi connectivity index (χ0) is 18.1. The van der Waals surface area contributed by atoms with Gasteiger partial charge in [0.2, 0.25) is 0 Å². The Kier molecular flexibility index (Phi) is 4.42. The Balaban J connectivity index is 1.82. The summed E-state index contributed by atoms with van der Waals surface area (Å²) in [7, 11) is 0. The lowest BCUT2D eigenvalue weighted by atomic mass is 10.0. The third-order valence-corrected chi connectivity index (χ3v) is 4.82. The summed E-state index contributed by atoms with van der Waals surface area (Å²) in [5.74, 6) is 0.0146. The van der Waals surface area contributed by atoms with Crippen molar-refractivity contribution in [2.45, 2.75) is 20.3 Å². The first kappa shape index (κ1) is 16.7. The monoisotopic (exact) mass is 350 g/mol. The van der Waals surface area contributed by atoms with Gasteiger partial charge in [0.05, 0.1) is 22.3 Å². The number of aryl methyl sites for hydroxylation is 2. The largest absolute Gasteiger partial charge is 0.337 e. The van der Waals surface area contributed by atoms with E-state index in [0.717, 1.165) is 37.3 Å². The normalized spacial score (nSPS) is 15.2. The van der Waals surface area contributed by atoms with E-state index in [4.69, 9.17) is 4.52 Å². The standard InChI is InChI=1S/C20H22N4O2/c1-13-4-6-15(7-5-13)17-12-16(18-14(2)23-26-19(18)22-17)20(25)24-10-3-8-21-9-11-24/h4-7,12,21H,3,8-11H2,1-2H3. The summed E-state index contributed by atoms with van der Waals surface area (Å²) in [6, 6.07) is 9.97. The molecule has 4 rings (SSSR count). The lowest BCUT2D eigenvalue weighted by Crippen LogP contribution is -2.34. The van der Waals surface area contributed by atoms with Crippen LogP contribution >= 0.6 is 0 Å². The fraction of sp³-hybridized carbons (Fsp3) is 0.350. The van der Waals surface area contributed by atoms with Gasteiger partial charge in [-0.15, -0.1) is 0 Å². The fourth-order valence-electron chi connectivity index (χ4n) is 3.35. The maximum absolute atomic E-state index is 13.3. The highest BCUT2D eigenvalue weighted by atomic mass is 16.5. The van der Waals surface area contributed by atoms with Gasteiger partial charge in [0.25, 0.3) is 11.6 Å². The molecule has 26 heavy (non-hydrogen) atoms. The van der Waals surface area contributed by atoms with E-state index >= 15 is 0 Å². The zero-order valence-corrected chi connectivity index (χ0v) is 15.1. The number of nitrogens with one attached hydrogen (secondary N) is 1. The molecule has 1 aromatic carbocycles. The van der Waals surface area contributed by atoms with Gasteiger partial charge in [-0.05, 0) is 32.9 Å². The number of hydrogen-bond donors (Lipinski definition) is 1. The van der Waals surface area contributed by atoms with Gasteiger partial charge in [0.1, 0.15) is 0 Å². The van der Waals surface area contributed by atoms with Crippen LogP contribution in [0, 0.1) is 13.8 Å². The molecule has 2 aromatic heterocycles. The molecular weight excluding hydrogens is 328 g/mol. The van der Waals surface area contributed by atoms with Crippen LogP contribution in [0.3, 0.4) is 0 Å². The molecule has 0 aliphatic carbocycles. The molecule has 0 unspecified atom stereocenters. The molecule has 1 fully saturated rings. The van der Waals surface area contributed by atoms with Crippen LogP contribution in [0.1, 0.15) is 28.0 Å². The highest BCUT2D eigenvalue weighted by Crippen LogP contribution is 2.28. The Morgan fingerprint density at radius 2 is 1.96 bits per heavy atom. The van der Waals surface area contributed by atoms with Crippen molar-refractivity contribution in [3.63, 3.8) is 0 Å². The molecule has 3 aromatic rings. The molecule has 6 heteroatoms. The maximum Gasteiger partial charge on any atom is 0.259 e. The lowest BCUT2D eigenvalue weighted by molar-refractivity contribution is 0.0768. The summed E-state index contributed by atoms with van der Waals surface area (Å²) in [5, 5.41) is 8.07. The fourth-order valence-corrected chi connectivity index (χ4v) is 3.35. The van der Waals surface area contributed by atoms with Crippen molar-refractivity contribution in [1.82, 2.24) is 20.4 Å². The molecule has 0 spiro atoms. The molecule has 1 saturated heterocycles. The van der Waals surface area contributed by atoms with Crippen molar-refractivity contribution in [1.29, 1.82) is 0 Å². The summed E-state index contributed by atoms with van der Waals surface area (Å²) < 4.78 is 5.39. The molecule has 0 bridgehead atoms. The van der Waals surface area contributed by atoms with Crippen molar-refractivity contribution in [3.8, 4) is 11.3 Å². The Morgan fingerprint density at radius 3 is 2.77 bits per heavy atom. The second kappa shape index (κ2) is 6.88. The van der Waals surface area contributed by atoms with Crippen molar-refractivity contribution in [2.24, 2.45) is 0 Å². The van der Waals surface area contributed by atoms with Crippen LogP contribution in [0.2, 0.25) is 0 Å². The Labute approximate surface area is 152 Å². The van der Waals surface area contributed by atoms with Crippen LogP contribution in [0.15, 0.2) is 34.9 Å². The first-order chi connectivity index (χ1) is 12.6. The van der Waals surface area contributed by atoms with E-state index in [-0.39, 0.29) is 5.91 Å². The van der Waals surface area contributed by atoms with Gasteiger partial charge in [-0.3, -0.25) is 4.79 Å². The van der Waals surface area contributed by atoms with Crippen molar-refractivity contribution in [3.05, 3.63) is 47.2 Å². The molecule has 134 valence electrons. The van der Waals surface area contributed by atoms with Gasteiger partial charge in [-0.2, -0.15) is 0 Å². The number of pyridine rings is 1. The number of aromatic nitrogens is 2. The van der Waals surface area contributed by atoms with Crippen LogP contribution in [-0.4, -0.2) is 47.1 Å². The molecular formula is C20H22N4O2. The van der Waals surface area contributed by atoms with Crippen LogP contribution in [0.25, 0.3) is 22.4 Å². The highest BCUT2D eigenvalue weighted by molar-refractivity contribution is 6.07. The van der Waals surface area contributed by atoms with E-state index < -0.39 is 0 Å². The quantitative estimate of drug-likeness (QED) is 0.769. The minimum atomic E-state index is 0.0146. The average Bonchev–Trinajstić information content (AvgIpc) is 2.86. The smallest absolute Gasteiger partial charge is 0.259 e. The average molecular weight is 350 g/mol. The predicted molar refractivity (Wildman–Crippen MR) is 100 cm³/mol. The van der Waals surface area contributed by atoms with Gasteiger partial charge < -0.3 is 14.7 Å². The molecule has 6 nitrogen and oxygen atoms in total. The van der Waals surface area contributed by atoms with E-state index in [0.29, 0.717) is 28.9 Å². The first-order valence-corrected chi connectivity index (χ1v) is 8.97. The first-order valence-electron chi connectivity index (χ1n) is 8.97. The second-order valence-electron chi connectivity index (χ2n) is 6.76. The summed E-state index contributed by atoms with van der Waals surface area (Å²) >= 11 is 0. The molecule has 3 heterocycles. The number of nitrogens with zero attached hydrogens (tertiary/aromatic N) is 3. The summed E-state index contributed by atoms with van der Waals surface area (Å²) in [4.78, 5) is 19.7. The lowest BCUT2D eigenvalue weighted by Gasteiger charge is -2.20. The maximum atomic E-state index is 13.3. The summed E-state index contributed by atoms with van der Waals surface area (Å²) in [6.07, 6.45) is 0.952. The Morgan fingerprint density at radius 1 is 1.15 bits per heavy atom. The van der Waals surface area contributed by atoms with Gasteiger partial charge in [0.15, 0.2) is 0 Å². The van der Waals surface area contributed by atoms with Crippen molar-refractivity contribution in [2.75, 3.05) is 26.2 Å². The predicted octanol–water partition coefficient (Wildman–Crippen LogP) is 2.94. The third-order valence-electron chi connectivity index (χ3n) is 4.82. The molecule has 1 aliphatic heterocycles. The number of carbonyl (C=O) groups is 1. The summed E-state index contributed by atoms with van der Waals surface area (Å²) in [5.41, 5.74) is 4.59. The van der Waals surface area contributed by atoms with Crippen LogP contribution in [0.4, 0.5) is 0 Å². The van der Waals surface area contributed by atoms with Crippen LogP contribution < -0.4 is 5.32 Å². The topological polar surface area (TPSA) is 71.3 Å². The van der Waals surface area contributed by atoms with Crippen LogP contribution in [0.5, 0.6) is 0 Å². The Hall–Kier alpha value is -2.73. The molecule has 0 saturated carbocycles. The summed E-state index contributed by atoms with van der Waals surface area (Å²) in [6.45, 7) is 7.10. The molecule has 1 aliphatic rings. The van der Waals surface area contributed by atoms with Gasteiger partial charge in [0, 0.05) is 25.2 Å². The Bertz CT molecular complexity index is 938. The molecule has 1 N–H and O–H groups in total. The molecule has 0 radical (unpaired) electrons. The SMILES string of the molecule is Cc1ccc(-c2cc(C(=O)N3CCCNCC3)c3c(C)noc3n2)cc1. The number of benzene rings is 1. The van der Waals surface area contributed by atoms with E-state index in [1.54, 1.807) is 0 Å². The second-order valence-corrected chi connectivity index (χ2v) is 6.76. The minimum Gasteiger partial charge on any atom is -0.337 e. The zero-order valence-electron chi connectivity index (χ0n) is 15.1. The van der Waals surface area contributed by atoms with Gasteiger partial charge >= 0.3 is 0 Å². The highest BCUT2D eigenvalue weighted by Gasteiger charge is 2.24. The van der Waals surface area contributed by atoms with E-state index in [2.05, 4.69) is 15.5 Å². The van der Waals surface area contributed by atoms with Crippen molar-refractivity contribution < 1.29 is 9.32 Å². The number of amides is 1. The number of carbonyl (C=O) groups excluding carboxylic acids is 1. The van der Waals surface area contributed by atoms with E-state index in [1.807, 2.05) is 49.1 Å². The molecule has 1 amide bonds. The number of rotatable bonds is 2. The van der Waals surface area contributed by atoms with Crippen molar-refractivity contribution >= 4 is 17.0 Å². The number of hydrogen-bond acceptors (Lipinski definition) is 5. The van der Waals surface area contributed by atoms with E-state index in [1.165, 1.54) is 5.56 Å². The minimum absolute atomic E-state index is 0.0146. The van der Waals surface area contributed by atoms with Gasteiger partial charge in [-0.25, -0.2) is 4.98 Å². The van der Waals surface area contributed by atoms with Gasteiger partial charge in [-0.1, -0.05) is 35.0 Å². The van der Waals surface area contributed by atoms with Crippen LogP contribution in [-0.2, 0) is 0 Å². The number of fused-ring (bicyclic) bond motifs is 1. The van der Waals surface area contributed by atoms with E-state index in [9.17, 15) is 4.79 Å². The molecule has 0 atom stereocenters.